The van der Waals surface area contributed by atoms with Crippen LogP contribution >= 0.6 is 0 Å². The zero-order valence-corrected chi connectivity index (χ0v) is 10.2. The molecule has 3 nitrogen and oxygen atoms in total. The number of ether oxygens (including phenoxy) is 1. The van der Waals surface area contributed by atoms with Crippen molar-refractivity contribution in [2.75, 3.05) is 19.7 Å². The van der Waals surface area contributed by atoms with Crippen molar-refractivity contribution in [1.82, 2.24) is 5.32 Å². The summed E-state index contributed by atoms with van der Waals surface area (Å²) in [7, 11) is 0. The first-order valence-corrected chi connectivity index (χ1v) is 6.34. The quantitative estimate of drug-likeness (QED) is 0.860. The van der Waals surface area contributed by atoms with Gasteiger partial charge in [-0.1, -0.05) is 12.1 Å². The van der Waals surface area contributed by atoms with Crippen LogP contribution in [-0.2, 0) is 0 Å². The molecule has 1 heterocycles. The molecule has 1 aliphatic heterocycles. The van der Waals surface area contributed by atoms with Crippen LogP contribution in [0, 0.1) is 6.92 Å². The van der Waals surface area contributed by atoms with Gasteiger partial charge in [-0.2, -0.15) is 0 Å². The normalized spacial score (nSPS) is 18.8. The van der Waals surface area contributed by atoms with Gasteiger partial charge in [-0.25, -0.2) is 0 Å². The minimum absolute atomic E-state index is 0.564. The monoisotopic (exact) mass is 230 g/mol. The van der Waals surface area contributed by atoms with E-state index in [1.807, 2.05) is 0 Å². The summed E-state index contributed by atoms with van der Waals surface area (Å²) in [5, 5.41) is 3.22. The van der Waals surface area contributed by atoms with Gasteiger partial charge in [0.15, 0.2) is 0 Å². The summed E-state index contributed by atoms with van der Waals surface area (Å²) in [5.41, 5.74) is 2.76. The lowest BCUT2D eigenvalue weighted by Gasteiger charge is -2.12. The molecule has 0 amide bonds. The minimum atomic E-state index is 0.564. The fourth-order valence-corrected chi connectivity index (χ4v) is 2.31. The van der Waals surface area contributed by atoms with E-state index in [1.54, 1.807) is 0 Å². The van der Waals surface area contributed by atoms with Crippen molar-refractivity contribution in [3.8, 4) is 5.75 Å². The van der Waals surface area contributed by atoms with E-state index in [-0.39, 0.29) is 0 Å². The third-order valence-electron chi connectivity index (χ3n) is 3.45. The summed E-state index contributed by atoms with van der Waals surface area (Å²) in [4.78, 5) is 4.33. The zero-order valence-electron chi connectivity index (χ0n) is 10.2. The molecule has 17 heavy (non-hydrogen) atoms. The van der Waals surface area contributed by atoms with Crippen LogP contribution in [0.2, 0.25) is 0 Å². The SMILES string of the molecule is Cc1c(OCC2=NCCN2)cccc1C1CC1. The molecular formula is C14H18N2O. The lowest BCUT2D eigenvalue weighted by molar-refractivity contribution is 0.370. The Kier molecular flexibility index (Phi) is 2.75. The molecule has 2 aliphatic rings. The van der Waals surface area contributed by atoms with Gasteiger partial charge in [0.2, 0.25) is 0 Å². The van der Waals surface area contributed by atoms with Gasteiger partial charge in [0.1, 0.15) is 18.2 Å². The molecule has 1 aromatic carbocycles. The van der Waals surface area contributed by atoms with Gasteiger partial charge in [0.25, 0.3) is 0 Å². The first-order chi connectivity index (χ1) is 8.34. The van der Waals surface area contributed by atoms with Crippen molar-refractivity contribution >= 4 is 5.84 Å². The fraction of sp³-hybridized carbons (Fsp3) is 0.500. The molecule has 1 fully saturated rings. The van der Waals surface area contributed by atoms with E-state index in [9.17, 15) is 0 Å². The number of rotatable bonds is 4. The number of nitrogens with one attached hydrogen (secondary N) is 1. The summed E-state index contributed by atoms with van der Waals surface area (Å²) >= 11 is 0. The standard InChI is InChI=1S/C14H18N2O/c1-10-12(11-5-6-11)3-2-4-13(10)17-9-14-15-7-8-16-14/h2-4,11H,5-9H2,1H3,(H,15,16). The second kappa shape index (κ2) is 4.40. The first kappa shape index (κ1) is 10.6. The summed E-state index contributed by atoms with van der Waals surface area (Å²) in [5.74, 6) is 2.76. The molecule has 3 rings (SSSR count). The average molecular weight is 230 g/mol. The smallest absolute Gasteiger partial charge is 0.145 e. The number of amidine groups is 1. The maximum Gasteiger partial charge on any atom is 0.145 e. The summed E-state index contributed by atoms with van der Waals surface area (Å²) in [6, 6.07) is 6.38. The molecule has 0 bridgehead atoms. The first-order valence-electron chi connectivity index (χ1n) is 6.34. The number of nitrogens with zero attached hydrogens (tertiary/aromatic N) is 1. The van der Waals surface area contributed by atoms with E-state index in [4.69, 9.17) is 4.74 Å². The summed E-state index contributed by atoms with van der Waals surface area (Å²) < 4.78 is 5.85. The summed E-state index contributed by atoms with van der Waals surface area (Å²) in [6.07, 6.45) is 2.66. The van der Waals surface area contributed by atoms with Gasteiger partial charge in [0, 0.05) is 6.54 Å². The van der Waals surface area contributed by atoms with Crippen LogP contribution in [0.1, 0.15) is 29.9 Å². The van der Waals surface area contributed by atoms with Crippen molar-refractivity contribution in [2.24, 2.45) is 4.99 Å². The molecule has 3 heteroatoms. The Balaban J connectivity index is 1.71. The Morgan fingerprint density at radius 3 is 3.00 bits per heavy atom. The molecule has 1 N–H and O–H groups in total. The average Bonchev–Trinajstić information content (AvgIpc) is 3.04. The largest absolute Gasteiger partial charge is 0.485 e. The van der Waals surface area contributed by atoms with Gasteiger partial charge in [-0.15, -0.1) is 0 Å². The predicted octanol–water partition coefficient (Wildman–Crippen LogP) is 2.25. The molecule has 90 valence electrons. The van der Waals surface area contributed by atoms with Crippen molar-refractivity contribution in [2.45, 2.75) is 25.7 Å². The second-order valence-electron chi connectivity index (χ2n) is 4.79. The van der Waals surface area contributed by atoms with Gasteiger partial charge < -0.3 is 10.1 Å². The van der Waals surface area contributed by atoms with E-state index >= 15 is 0 Å². The molecule has 0 unspecified atom stereocenters. The highest BCUT2D eigenvalue weighted by molar-refractivity contribution is 5.85. The van der Waals surface area contributed by atoms with Crippen LogP contribution in [0.3, 0.4) is 0 Å². The van der Waals surface area contributed by atoms with Gasteiger partial charge in [0.05, 0.1) is 6.54 Å². The van der Waals surface area contributed by atoms with E-state index < -0.39 is 0 Å². The van der Waals surface area contributed by atoms with Gasteiger partial charge in [-0.3, -0.25) is 4.99 Å². The van der Waals surface area contributed by atoms with Gasteiger partial charge in [-0.05, 0) is 42.9 Å². The van der Waals surface area contributed by atoms with E-state index in [0.29, 0.717) is 6.61 Å². The van der Waals surface area contributed by atoms with Crippen LogP contribution in [0.25, 0.3) is 0 Å². The number of hydrogen-bond donors (Lipinski definition) is 1. The Hall–Kier alpha value is -1.51. The Bertz CT molecular complexity index is 450. The summed E-state index contributed by atoms with van der Waals surface area (Å²) in [6.45, 7) is 4.54. The van der Waals surface area contributed by atoms with Crippen LogP contribution in [-0.4, -0.2) is 25.5 Å². The number of aliphatic imine (C=N–C) groups is 1. The Morgan fingerprint density at radius 2 is 2.29 bits per heavy atom. The molecule has 0 aromatic heterocycles. The van der Waals surface area contributed by atoms with Crippen LogP contribution < -0.4 is 10.1 Å². The lowest BCUT2D eigenvalue weighted by atomic mass is 10.0. The second-order valence-corrected chi connectivity index (χ2v) is 4.79. The highest BCUT2D eigenvalue weighted by atomic mass is 16.5. The van der Waals surface area contributed by atoms with Crippen molar-refractivity contribution in [3.63, 3.8) is 0 Å². The topological polar surface area (TPSA) is 33.6 Å². The Morgan fingerprint density at radius 1 is 1.41 bits per heavy atom. The van der Waals surface area contributed by atoms with Crippen LogP contribution in [0.15, 0.2) is 23.2 Å². The zero-order chi connectivity index (χ0) is 11.7. The van der Waals surface area contributed by atoms with Crippen molar-refractivity contribution in [1.29, 1.82) is 0 Å². The highest BCUT2D eigenvalue weighted by Gasteiger charge is 2.25. The maximum atomic E-state index is 5.85. The number of hydrogen-bond acceptors (Lipinski definition) is 3. The highest BCUT2D eigenvalue weighted by Crippen LogP contribution is 2.43. The molecule has 0 spiro atoms. The molecule has 0 radical (unpaired) electrons. The third kappa shape index (κ3) is 2.28. The van der Waals surface area contributed by atoms with E-state index in [2.05, 4.69) is 35.4 Å². The fourth-order valence-electron chi connectivity index (χ4n) is 2.31. The molecular weight excluding hydrogens is 212 g/mol. The minimum Gasteiger partial charge on any atom is -0.485 e. The van der Waals surface area contributed by atoms with Crippen molar-refractivity contribution < 1.29 is 4.74 Å². The Labute approximate surface area is 102 Å². The molecule has 1 aliphatic carbocycles. The van der Waals surface area contributed by atoms with E-state index in [0.717, 1.165) is 30.6 Å². The van der Waals surface area contributed by atoms with E-state index in [1.165, 1.54) is 24.0 Å². The molecule has 1 aromatic rings. The van der Waals surface area contributed by atoms with Crippen LogP contribution in [0.5, 0.6) is 5.75 Å². The molecule has 1 saturated carbocycles. The molecule has 0 saturated heterocycles. The lowest BCUT2D eigenvalue weighted by Crippen LogP contribution is -2.25. The predicted molar refractivity (Wildman–Crippen MR) is 69.0 cm³/mol. The van der Waals surface area contributed by atoms with Gasteiger partial charge >= 0.3 is 0 Å². The third-order valence-corrected chi connectivity index (χ3v) is 3.45. The van der Waals surface area contributed by atoms with Crippen LogP contribution in [0.4, 0.5) is 0 Å². The molecule has 0 atom stereocenters. The number of benzene rings is 1. The maximum absolute atomic E-state index is 5.85. The van der Waals surface area contributed by atoms with Crippen molar-refractivity contribution in [3.05, 3.63) is 29.3 Å².